The van der Waals surface area contributed by atoms with Gasteiger partial charge in [0.2, 0.25) is 11.2 Å². The van der Waals surface area contributed by atoms with Gasteiger partial charge < -0.3 is 9.15 Å². The highest BCUT2D eigenvalue weighted by molar-refractivity contribution is 8.02. The molecule has 106 valence electrons. The average molecular weight is 319 g/mol. The number of fused-ring (bicyclic) bond motifs is 4. The quantitative estimate of drug-likeness (QED) is 0.734. The van der Waals surface area contributed by atoms with Crippen LogP contribution in [0.2, 0.25) is 5.02 Å². The molecule has 0 spiro atoms. The number of benzene rings is 1. The fourth-order valence-electron chi connectivity index (χ4n) is 2.82. The molecule has 1 aromatic heterocycles. The van der Waals surface area contributed by atoms with Crippen LogP contribution in [-0.4, -0.2) is 6.10 Å². The van der Waals surface area contributed by atoms with Gasteiger partial charge in [-0.15, -0.1) is 11.8 Å². The van der Waals surface area contributed by atoms with Crippen molar-refractivity contribution >= 4 is 34.3 Å². The van der Waals surface area contributed by atoms with Crippen LogP contribution < -0.4 is 10.2 Å². The molecule has 0 saturated heterocycles. The number of rotatable bonds is 1. The van der Waals surface area contributed by atoms with Gasteiger partial charge in [-0.2, -0.15) is 0 Å². The van der Waals surface area contributed by atoms with Crippen LogP contribution in [0.5, 0.6) is 5.75 Å². The van der Waals surface area contributed by atoms with Gasteiger partial charge in [0.25, 0.3) is 0 Å². The van der Waals surface area contributed by atoms with Gasteiger partial charge >= 0.3 is 0 Å². The highest BCUT2D eigenvalue weighted by Gasteiger charge is 2.41. The highest BCUT2D eigenvalue weighted by Crippen LogP contribution is 2.51. The maximum atomic E-state index is 12.7. The topological polar surface area (TPSA) is 39.4 Å². The van der Waals surface area contributed by atoms with Crippen LogP contribution in [0.3, 0.4) is 0 Å². The van der Waals surface area contributed by atoms with E-state index in [0.717, 1.165) is 0 Å². The van der Waals surface area contributed by atoms with Gasteiger partial charge in [0.05, 0.1) is 10.6 Å². The molecule has 0 unspecified atom stereocenters. The first kappa shape index (κ1) is 13.0. The van der Waals surface area contributed by atoms with E-state index in [9.17, 15) is 4.79 Å². The molecule has 0 amide bonds. The van der Waals surface area contributed by atoms with E-state index >= 15 is 0 Å². The molecule has 4 rings (SSSR count). The Morgan fingerprint density at radius 2 is 2.24 bits per heavy atom. The SMILES string of the molecule is C=C[C@@H]1Oc2c(oc3ccc(Cl)cc3c2=O)[C@@H]2SC=C[C@H]12. The summed E-state index contributed by atoms with van der Waals surface area (Å²) in [6, 6.07) is 5.05. The van der Waals surface area contributed by atoms with Crippen molar-refractivity contribution < 1.29 is 9.15 Å². The molecule has 3 atom stereocenters. The largest absolute Gasteiger partial charge is 0.478 e. The molecule has 2 aromatic rings. The number of thioether (sulfide) groups is 1. The summed E-state index contributed by atoms with van der Waals surface area (Å²) in [6.07, 6.45) is 3.60. The minimum Gasteiger partial charge on any atom is -0.478 e. The van der Waals surface area contributed by atoms with Crippen molar-refractivity contribution in [3.8, 4) is 5.75 Å². The Kier molecular flexibility index (Phi) is 2.91. The van der Waals surface area contributed by atoms with Crippen LogP contribution in [0.1, 0.15) is 11.0 Å². The van der Waals surface area contributed by atoms with Crippen molar-refractivity contribution in [1.29, 1.82) is 0 Å². The Hall–Kier alpha value is -1.65. The molecular weight excluding hydrogens is 308 g/mol. The first-order chi connectivity index (χ1) is 10.2. The van der Waals surface area contributed by atoms with E-state index in [4.69, 9.17) is 20.8 Å². The molecule has 1 aromatic carbocycles. The minimum absolute atomic E-state index is 0.0597. The third-order valence-electron chi connectivity index (χ3n) is 3.84. The van der Waals surface area contributed by atoms with Crippen molar-refractivity contribution in [2.45, 2.75) is 11.4 Å². The van der Waals surface area contributed by atoms with Gasteiger partial charge in [-0.3, -0.25) is 4.79 Å². The Labute approximate surface area is 130 Å². The van der Waals surface area contributed by atoms with Crippen molar-refractivity contribution in [3.63, 3.8) is 0 Å². The molecule has 0 fully saturated rings. The summed E-state index contributed by atoms with van der Waals surface area (Å²) in [4.78, 5) is 12.7. The van der Waals surface area contributed by atoms with Gasteiger partial charge in [-0.05, 0) is 23.6 Å². The predicted molar refractivity (Wildman–Crippen MR) is 85.1 cm³/mol. The first-order valence-electron chi connectivity index (χ1n) is 6.56. The molecule has 3 nitrogen and oxygen atoms in total. The molecule has 2 aliphatic rings. The molecule has 0 radical (unpaired) electrons. The lowest BCUT2D eigenvalue weighted by molar-refractivity contribution is 0.162. The number of halogens is 1. The Bertz CT molecular complexity index is 839. The van der Waals surface area contributed by atoms with Crippen LogP contribution >= 0.6 is 23.4 Å². The van der Waals surface area contributed by atoms with Crippen LogP contribution in [0, 0.1) is 5.92 Å². The first-order valence-corrected chi connectivity index (χ1v) is 7.88. The molecule has 0 N–H and O–H groups in total. The monoisotopic (exact) mass is 318 g/mol. The summed E-state index contributed by atoms with van der Waals surface area (Å²) in [6.45, 7) is 3.80. The van der Waals surface area contributed by atoms with Gasteiger partial charge in [0.1, 0.15) is 11.7 Å². The van der Waals surface area contributed by atoms with Crippen molar-refractivity contribution in [2.75, 3.05) is 0 Å². The van der Waals surface area contributed by atoms with Gasteiger partial charge in [0.15, 0.2) is 5.76 Å². The van der Waals surface area contributed by atoms with Crippen LogP contribution in [-0.2, 0) is 0 Å². The van der Waals surface area contributed by atoms with E-state index in [1.165, 1.54) is 0 Å². The second-order valence-corrected chi connectivity index (χ2v) is 6.53. The minimum atomic E-state index is -0.215. The van der Waals surface area contributed by atoms with E-state index in [1.54, 1.807) is 36.0 Å². The fraction of sp³-hybridized carbons (Fsp3) is 0.188. The Morgan fingerprint density at radius 1 is 1.38 bits per heavy atom. The van der Waals surface area contributed by atoms with Crippen molar-refractivity contribution in [1.82, 2.24) is 0 Å². The summed E-state index contributed by atoms with van der Waals surface area (Å²) in [5.41, 5.74) is 0.363. The van der Waals surface area contributed by atoms with Crippen LogP contribution in [0.4, 0.5) is 0 Å². The summed E-state index contributed by atoms with van der Waals surface area (Å²) in [5.74, 6) is 1.04. The van der Waals surface area contributed by atoms with Gasteiger partial charge in [0, 0.05) is 10.9 Å². The van der Waals surface area contributed by atoms with E-state index in [-0.39, 0.29) is 28.5 Å². The molecule has 5 heteroatoms. The zero-order valence-corrected chi connectivity index (χ0v) is 12.5. The van der Waals surface area contributed by atoms with Gasteiger partial charge in [-0.25, -0.2) is 0 Å². The molecule has 0 saturated carbocycles. The summed E-state index contributed by atoms with van der Waals surface area (Å²) < 4.78 is 11.8. The van der Waals surface area contributed by atoms with Gasteiger partial charge in [-0.1, -0.05) is 30.3 Å². The zero-order chi connectivity index (χ0) is 14.6. The normalized spacial score (nSPS) is 26.2. The smallest absolute Gasteiger partial charge is 0.234 e. The van der Waals surface area contributed by atoms with E-state index in [1.807, 2.05) is 5.41 Å². The second kappa shape index (κ2) is 4.68. The molecule has 3 heterocycles. The Morgan fingerprint density at radius 3 is 3.05 bits per heavy atom. The van der Waals surface area contributed by atoms with E-state index < -0.39 is 0 Å². The van der Waals surface area contributed by atoms with E-state index in [2.05, 4.69) is 12.7 Å². The predicted octanol–water partition coefficient (Wildman–Crippen LogP) is 4.31. The highest BCUT2D eigenvalue weighted by atomic mass is 35.5. The molecule has 0 bridgehead atoms. The molecule has 2 aliphatic heterocycles. The standard InChI is InChI=1S/C16H11ClO3S/c1-2-11-9-5-6-21-16(9)15-14(19-11)13(18)10-7-8(17)3-4-12(10)20-15/h2-7,9,11,16H,1H2/t9-,11+,16-/m1/s1. The lowest BCUT2D eigenvalue weighted by Crippen LogP contribution is -2.33. The summed E-state index contributed by atoms with van der Waals surface area (Å²) in [5, 5.41) is 3.03. The number of hydrogen-bond donors (Lipinski definition) is 0. The lowest BCUT2D eigenvalue weighted by atomic mass is 9.93. The summed E-state index contributed by atoms with van der Waals surface area (Å²) >= 11 is 7.61. The Balaban J connectivity index is 2.01. The average Bonchev–Trinajstić information content (AvgIpc) is 2.97. The van der Waals surface area contributed by atoms with Crippen LogP contribution in [0.25, 0.3) is 11.0 Å². The number of ether oxygens (including phenoxy) is 1. The van der Waals surface area contributed by atoms with E-state index in [0.29, 0.717) is 21.8 Å². The third-order valence-corrected chi connectivity index (χ3v) is 5.21. The molecule has 0 aliphatic carbocycles. The second-order valence-electron chi connectivity index (χ2n) is 5.05. The molecular formula is C16H11ClO3S. The maximum Gasteiger partial charge on any atom is 0.234 e. The molecule has 21 heavy (non-hydrogen) atoms. The van der Waals surface area contributed by atoms with Crippen LogP contribution in [0.15, 0.2) is 51.5 Å². The van der Waals surface area contributed by atoms with Crippen molar-refractivity contribution in [3.05, 3.63) is 63.3 Å². The van der Waals surface area contributed by atoms with Crippen molar-refractivity contribution in [2.24, 2.45) is 5.92 Å². The number of hydrogen-bond acceptors (Lipinski definition) is 4. The summed E-state index contributed by atoms with van der Waals surface area (Å²) in [7, 11) is 0. The maximum absolute atomic E-state index is 12.7. The fourth-order valence-corrected chi connectivity index (χ4v) is 4.14. The lowest BCUT2D eigenvalue weighted by Gasteiger charge is -2.31. The zero-order valence-electron chi connectivity index (χ0n) is 10.9. The third kappa shape index (κ3) is 1.86.